The fourth-order valence-corrected chi connectivity index (χ4v) is 2.10. The van der Waals surface area contributed by atoms with E-state index in [1.165, 1.54) is 6.20 Å². The third kappa shape index (κ3) is 2.17. The number of aromatic nitrogens is 2. The molecule has 5 heteroatoms. The summed E-state index contributed by atoms with van der Waals surface area (Å²) in [6.07, 6.45) is 2.49. The average Bonchev–Trinajstić information content (AvgIpc) is 2.91. The Morgan fingerprint density at radius 3 is 2.94 bits per heavy atom. The molecule has 1 aliphatic rings. The van der Waals surface area contributed by atoms with Crippen LogP contribution in [-0.4, -0.2) is 35.0 Å². The topological polar surface area (TPSA) is 66.9 Å². The maximum absolute atomic E-state index is 12.0. The Hall–Kier alpha value is -2.01. The molecule has 0 saturated carbocycles. The van der Waals surface area contributed by atoms with Crippen molar-refractivity contribution in [2.45, 2.75) is 12.5 Å². The van der Waals surface area contributed by atoms with Gasteiger partial charge in [-0.1, -0.05) is 12.1 Å². The number of benzene rings is 1. The second-order valence-corrected chi connectivity index (χ2v) is 4.41. The molecule has 92 valence electrons. The molecule has 1 aromatic heterocycles. The van der Waals surface area contributed by atoms with Crippen molar-refractivity contribution < 1.29 is 4.79 Å². The summed E-state index contributed by atoms with van der Waals surface area (Å²) in [5.41, 5.74) is 1.92. The van der Waals surface area contributed by atoms with Gasteiger partial charge in [-0.25, -0.2) is 4.98 Å². The van der Waals surface area contributed by atoms with Crippen molar-refractivity contribution in [1.29, 1.82) is 0 Å². The van der Waals surface area contributed by atoms with Crippen molar-refractivity contribution in [3.05, 3.63) is 36.2 Å². The molecule has 18 heavy (non-hydrogen) atoms. The number of para-hydroxylation sites is 2. The van der Waals surface area contributed by atoms with Crippen LogP contribution in [-0.2, 0) is 0 Å². The SMILES string of the molecule is O=C(NC1CCNC1)c1cnc2ccccc2n1. The van der Waals surface area contributed by atoms with Crippen molar-refractivity contribution in [3.63, 3.8) is 0 Å². The molecule has 1 atom stereocenters. The van der Waals surface area contributed by atoms with E-state index in [-0.39, 0.29) is 11.9 Å². The van der Waals surface area contributed by atoms with Gasteiger partial charge in [-0.2, -0.15) is 0 Å². The first-order valence-corrected chi connectivity index (χ1v) is 6.06. The lowest BCUT2D eigenvalue weighted by atomic mass is 10.2. The molecule has 1 fully saturated rings. The van der Waals surface area contributed by atoms with Crippen LogP contribution in [0.2, 0.25) is 0 Å². The quantitative estimate of drug-likeness (QED) is 0.814. The number of fused-ring (bicyclic) bond motifs is 1. The minimum absolute atomic E-state index is 0.151. The summed E-state index contributed by atoms with van der Waals surface area (Å²) in [6.45, 7) is 1.78. The second-order valence-electron chi connectivity index (χ2n) is 4.41. The summed E-state index contributed by atoms with van der Waals surface area (Å²) < 4.78 is 0. The van der Waals surface area contributed by atoms with E-state index in [2.05, 4.69) is 20.6 Å². The molecule has 1 aromatic carbocycles. The van der Waals surface area contributed by atoms with Crippen molar-refractivity contribution in [2.24, 2.45) is 0 Å². The molecule has 3 rings (SSSR count). The first-order chi connectivity index (χ1) is 8.83. The number of nitrogens with zero attached hydrogens (tertiary/aromatic N) is 2. The Kier molecular flexibility index (Phi) is 2.90. The predicted molar refractivity (Wildman–Crippen MR) is 68.3 cm³/mol. The van der Waals surface area contributed by atoms with Crippen molar-refractivity contribution in [2.75, 3.05) is 13.1 Å². The lowest BCUT2D eigenvalue weighted by molar-refractivity contribution is 0.0935. The van der Waals surface area contributed by atoms with Crippen LogP contribution in [0, 0.1) is 0 Å². The van der Waals surface area contributed by atoms with Gasteiger partial charge in [0.15, 0.2) is 0 Å². The van der Waals surface area contributed by atoms with E-state index >= 15 is 0 Å². The molecule has 0 radical (unpaired) electrons. The molecule has 2 N–H and O–H groups in total. The Morgan fingerprint density at radius 1 is 1.33 bits per heavy atom. The maximum Gasteiger partial charge on any atom is 0.271 e. The fraction of sp³-hybridized carbons (Fsp3) is 0.308. The van der Waals surface area contributed by atoms with Gasteiger partial charge in [0, 0.05) is 12.6 Å². The highest BCUT2D eigenvalue weighted by atomic mass is 16.1. The number of carbonyl (C=O) groups is 1. The molecule has 1 amide bonds. The Morgan fingerprint density at radius 2 is 2.17 bits per heavy atom. The zero-order valence-electron chi connectivity index (χ0n) is 9.89. The van der Waals surface area contributed by atoms with E-state index in [1.54, 1.807) is 0 Å². The number of nitrogens with one attached hydrogen (secondary N) is 2. The predicted octanol–water partition coefficient (Wildman–Crippen LogP) is 0.721. The normalized spacial score (nSPS) is 19.0. The third-order valence-corrected chi connectivity index (χ3v) is 3.08. The van der Waals surface area contributed by atoms with E-state index in [0.29, 0.717) is 5.69 Å². The summed E-state index contributed by atoms with van der Waals surface area (Å²) in [7, 11) is 0. The summed E-state index contributed by atoms with van der Waals surface area (Å²) in [5, 5.41) is 6.16. The van der Waals surface area contributed by atoms with Crippen LogP contribution in [0.15, 0.2) is 30.5 Å². The zero-order chi connectivity index (χ0) is 12.4. The van der Waals surface area contributed by atoms with Crippen molar-refractivity contribution >= 4 is 16.9 Å². The Labute approximate surface area is 105 Å². The van der Waals surface area contributed by atoms with Gasteiger partial charge in [0.1, 0.15) is 5.69 Å². The molecule has 0 aliphatic carbocycles. The molecule has 5 nitrogen and oxygen atoms in total. The molecule has 2 heterocycles. The van der Waals surface area contributed by atoms with E-state index in [9.17, 15) is 4.79 Å². The standard InChI is InChI=1S/C13H14N4O/c18-13(16-9-5-6-14-7-9)12-8-15-10-3-1-2-4-11(10)17-12/h1-4,8-9,14H,5-7H2,(H,16,18). The van der Waals surface area contributed by atoms with Crippen LogP contribution in [0.1, 0.15) is 16.9 Å². The van der Waals surface area contributed by atoms with Gasteiger partial charge in [0.25, 0.3) is 5.91 Å². The largest absolute Gasteiger partial charge is 0.347 e. The van der Waals surface area contributed by atoms with E-state index in [1.807, 2.05) is 24.3 Å². The summed E-state index contributed by atoms with van der Waals surface area (Å²) >= 11 is 0. The van der Waals surface area contributed by atoms with E-state index in [0.717, 1.165) is 30.5 Å². The minimum Gasteiger partial charge on any atom is -0.347 e. The van der Waals surface area contributed by atoms with Gasteiger partial charge >= 0.3 is 0 Å². The van der Waals surface area contributed by atoms with Gasteiger partial charge in [0.2, 0.25) is 0 Å². The molecular weight excluding hydrogens is 228 g/mol. The summed E-state index contributed by atoms with van der Waals surface area (Å²) in [6, 6.07) is 7.73. The van der Waals surface area contributed by atoms with Gasteiger partial charge in [-0.05, 0) is 25.1 Å². The molecule has 2 aromatic rings. The molecule has 1 unspecified atom stereocenters. The lowest BCUT2D eigenvalue weighted by Crippen LogP contribution is -2.36. The average molecular weight is 242 g/mol. The van der Waals surface area contributed by atoms with Crippen LogP contribution in [0.4, 0.5) is 0 Å². The minimum atomic E-state index is -0.151. The Bertz CT molecular complexity index is 578. The number of hydrogen-bond donors (Lipinski definition) is 2. The van der Waals surface area contributed by atoms with Crippen LogP contribution < -0.4 is 10.6 Å². The highest BCUT2D eigenvalue weighted by Crippen LogP contribution is 2.08. The number of rotatable bonds is 2. The lowest BCUT2D eigenvalue weighted by Gasteiger charge is -2.10. The third-order valence-electron chi connectivity index (χ3n) is 3.08. The first-order valence-electron chi connectivity index (χ1n) is 6.06. The van der Waals surface area contributed by atoms with Crippen LogP contribution in [0.5, 0.6) is 0 Å². The number of hydrogen-bond acceptors (Lipinski definition) is 4. The first kappa shape index (κ1) is 11.1. The molecule has 0 spiro atoms. The van der Waals surface area contributed by atoms with Gasteiger partial charge in [-0.15, -0.1) is 0 Å². The van der Waals surface area contributed by atoms with Crippen LogP contribution >= 0.6 is 0 Å². The smallest absolute Gasteiger partial charge is 0.271 e. The molecule has 1 saturated heterocycles. The molecular formula is C13H14N4O. The summed E-state index contributed by atoms with van der Waals surface area (Å²) in [5.74, 6) is -0.151. The van der Waals surface area contributed by atoms with E-state index in [4.69, 9.17) is 0 Å². The summed E-state index contributed by atoms with van der Waals surface area (Å²) in [4.78, 5) is 20.6. The fourth-order valence-electron chi connectivity index (χ4n) is 2.10. The van der Waals surface area contributed by atoms with Crippen LogP contribution in [0.3, 0.4) is 0 Å². The van der Waals surface area contributed by atoms with E-state index < -0.39 is 0 Å². The molecule has 0 bridgehead atoms. The highest BCUT2D eigenvalue weighted by Gasteiger charge is 2.18. The van der Waals surface area contributed by atoms with Crippen molar-refractivity contribution in [3.8, 4) is 0 Å². The van der Waals surface area contributed by atoms with Crippen LogP contribution in [0.25, 0.3) is 11.0 Å². The second kappa shape index (κ2) is 4.70. The number of amides is 1. The maximum atomic E-state index is 12.0. The van der Waals surface area contributed by atoms with Gasteiger partial charge in [-0.3, -0.25) is 9.78 Å². The number of carbonyl (C=O) groups excluding carboxylic acids is 1. The van der Waals surface area contributed by atoms with Gasteiger partial charge in [0.05, 0.1) is 17.2 Å². The Balaban J connectivity index is 1.82. The van der Waals surface area contributed by atoms with Gasteiger partial charge < -0.3 is 10.6 Å². The monoisotopic (exact) mass is 242 g/mol. The van der Waals surface area contributed by atoms with Crippen molar-refractivity contribution in [1.82, 2.24) is 20.6 Å². The highest BCUT2D eigenvalue weighted by molar-refractivity contribution is 5.93. The molecule has 1 aliphatic heterocycles. The zero-order valence-corrected chi connectivity index (χ0v) is 9.89.